The lowest BCUT2D eigenvalue weighted by atomic mass is 10.2. The molecule has 1 aromatic carbocycles. The summed E-state index contributed by atoms with van der Waals surface area (Å²) in [5.41, 5.74) is 9.08. The molecular formula is C13H11N3O. The highest BCUT2D eigenvalue weighted by Crippen LogP contribution is 2.19. The Hall–Kier alpha value is -2.36. The molecular weight excluding hydrogens is 214 g/mol. The summed E-state index contributed by atoms with van der Waals surface area (Å²) < 4.78 is 5.64. The van der Waals surface area contributed by atoms with E-state index in [9.17, 15) is 0 Å². The van der Waals surface area contributed by atoms with Crippen molar-refractivity contribution in [2.24, 2.45) is 0 Å². The Bertz CT molecular complexity index is 646. The maximum Gasteiger partial charge on any atom is 0.199 e. The van der Waals surface area contributed by atoms with Crippen molar-refractivity contribution in [3.05, 3.63) is 54.2 Å². The van der Waals surface area contributed by atoms with Gasteiger partial charge in [-0.25, -0.2) is 4.98 Å². The number of fused-ring (bicyclic) bond motifs is 1. The molecule has 0 saturated heterocycles. The van der Waals surface area contributed by atoms with E-state index >= 15 is 0 Å². The van der Waals surface area contributed by atoms with Crippen LogP contribution in [0.4, 0.5) is 5.69 Å². The van der Waals surface area contributed by atoms with Crippen LogP contribution in [-0.4, -0.2) is 9.97 Å². The van der Waals surface area contributed by atoms with Crippen LogP contribution in [0.5, 0.6) is 0 Å². The average molecular weight is 225 g/mol. The van der Waals surface area contributed by atoms with Gasteiger partial charge in [0.15, 0.2) is 11.5 Å². The first kappa shape index (κ1) is 9.84. The van der Waals surface area contributed by atoms with Gasteiger partial charge in [-0.2, -0.15) is 0 Å². The fourth-order valence-electron chi connectivity index (χ4n) is 1.74. The Morgan fingerprint density at radius 1 is 1.12 bits per heavy atom. The highest BCUT2D eigenvalue weighted by atomic mass is 16.3. The van der Waals surface area contributed by atoms with Gasteiger partial charge in [0.1, 0.15) is 5.52 Å². The van der Waals surface area contributed by atoms with E-state index in [1.807, 2.05) is 30.3 Å². The molecule has 3 aromatic rings. The smallest absolute Gasteiger partial charge is 0.199 e. The van der Waals surface area contributed by atoms with Crippen LogP contribution >= 0.6 is 0 Å². The topological polar surface area (TPSA) is 64.9 Å². The Labute approximate surface area is 98.1 Å². The number of hydrogen-bond acceptors (Lipinski definition) is 4. The molecule has 0 spiro atoms. The van der Waals surface area contributed by atoms with Crippen LogP contribution in [0.3, 0.4) is 0 Å². The van der Waals surface area contributed by atoms with Crippen LogP contribution in [0.1, 0.15) is 11.5 Å². The van der Waals surface area contributed by atoms with Crippen LogP contribution in [-0.2, 0) is 6.42 Å². The lowest BCUT2D eigenvalue weighted by molar-refractivity contribution is 0.544. The summed E-state index contributed by atoms with van der Waals surface area (Å²) in [5.74, 6) is 0.691. The first-order valence-corrected chi connectivity index (χ1v) is 5.35. The van der Waals surface area contributed by atoms with Crippen molar-refractivity contribution in [2.75, 3.05) is 5.73 Å². The van der Waals surface area contributed by atoms with Crippen molar-refractivity contribution >= 4 is 16.8 Å². The van der Waals surface area contributed by atoms with Crippen LogP contribution < -0.4 is 5.73 Å². The van der Waals surface area contributed by atoms with Gasteiger partial charge < -0.3 is 10.2 Å². The zero-order valence-electron chi connectivity index (χ0n) is 9.13. The third kappa shape index (κ3) is 1.97. The van der Waals surface area contributed by atoms with Gasteiger partial charge in [-0.15, -0.1) is 0 Å². The van der Waals surface area contributed by atoms with Gasteiger partial charge in [0, 0.05) is 24.5 Å². The molecule has 0 atom stereocenters. The number of nitrogens with zero attached hydrogens (tertiary/aromatic N) is 2. The first-order chi connectivity index (χ1) is 8.31. The molecule has 0 fully saturated rings. The molecule has 4 nitrogen and oxygen atoms in total. The number of hydrogen-bond donors (Lipinski definition) is 1. The molecule has 2 aromatic heterocycles. The summed E-state index contributed by atoms with van der Waals surface area (Å²) in [6, 6.07) is 9.36. The lowest BCUT2D eigenvalue weighted by Gasteiger charge is -1.94. The lowest BCUT2D eigenvalue weighted by Crippen LogP contribution is -1.87. The Morgan fingerprint density at radius 2 is 1.94 bits per heavy atom. The molecule has 2 N–H and O–H groups in total. The number of aromatic nitrogens is 2. The van der Waals surface area contributed by atoms with E-state index in [2.05, 4.69) is 9.97 Å². The Kier molecular flexibility index (Phi) is 2.26. The van der Waals surface area contributed by atoms with Crippen molar-refractivity contribution in [1.29, 1.82) is 0 Å². The van der Waals surface area contributed by atoms with E-state index < -0.39 is 0 Å². The molecule has 2 heterocycles. The summed E-state index contributed by atoms with van der Waals surface area (Å²) in [6.07, 6.45) is 4.18. The minimum absolute atomic E-state index is 0.664. The van der Waals surface area contributed by atoms with Gasteiger partial charge in [-0.1, -0.05) is 0 Å². The van der Waals surface area contributed by atoms with E-state index in [0.29, 0.717) is 18.0 Å². The van der Waals surface area contributed by atoms with Crippen molar-refractivity contribution < 1.29 is 4.42 Å². The van der Waals surface area contributed by atoms with Gasteiger partial charge in [-0.05, 0) is 35.9 Å². The normalized spacial score (nSPS) is 10.8. The average Bonchev–Trinajstić information content (AvgIpc) is 2.71. The Balaban J connectivity index is 1.96. The summed E-state index contributed by atoms with van der Waals surface area (Å²) >= 11 is 0. The number of benzene rings is 1. The number of nitrogen functional groups attached to an aromatic ring is 1. The molecule has 0 aliphatic carbocycles. The fourth-order valence-corrected chi connectivity index (χ4v) is 1.74. The van der Waals surface area contributed by atoms with Crippen LogP contribution in [0.25, 0.3) is 11.1 Å². The predicted octanol–water partition coefficient (Wildman–Crippen LogP) is 2.40. The van der Waals surface area contributed by atoms with E-state index in [4.69, 9.17) is 10.2 Å². The second-order valence-corrected chi connectivity index (χ2v) is 3.87. The van der Waals surface area contributed by atoms with E-state index in [-0.39, 0.29) is 0 Å². The molecule has 17 heavy (non-hydrogen) atoms. The maximum atomic E-state index is 5.70. The summed E-state index contributed by atoms with van der Waals surface area (Å²) in [6.45, 7) is 0. The van der Waals surface area contributed by atoms with Crippen molar-refractivity contribution in [2.45, 2.75) is 6.42 Å². The third-order valence-corrected chi connectivity index (χ3v) is 2.56. The number of nitrogens with two attached hydrogens (primary N) is 1. The van der Waals surface area contributed by atoms with E-state index in [0.717, 1.165) is 16.7 Å². The van der Waals surface area contributed by atoms with E-state index in [1.54, 1.807) is 12.4 Å². The molecule has 0 bridgehead atoms. The van der Waals surface area contributed by atoms with Gasteiger partial charge in [0.05, 0.1) is 0 Å². The van der Waals surface area contributed by atoms with Crippen molar-refractivity contribution in [3.63, 3.8) is 0 Å². The summed E-state index contributed by atoms with van der Waals surface area (Å²) in [5, 5.41) is 0. The molecule has 3 rings (SSSR count). The quantitative estimate of drug-likeness (QED) is 0.680. The van der Waals surface area contributed by atoms with Crippen LogP contribution in [0, 0.1) is 0 Å². The summed E-state index contributed by atoms with van der Waals surface area (Å²) in [7, 11) is 0. The number of rotatable bonds is 2. The number of pyridine rings is 1. The molecule has 0 radical (unpaired) electrons. The predicted molar refractivity (Wildman–Crippen MR) is 65.5 cm³/mol. The van der Waals surface area contributed by atoms with Crippen LogP contribution in [0.15, 0.2) is 47.1 Å². The first-order valence-electron chi connectivity index (χ1n) is 5.35. The van der Waals surface area contributed by atoms with Gasteiger partial charge in [0.25, 0.3) is 0 Å². The minimum atomic E-state index is 0.664. The maximum absolute atomic E-state index is 5.70. The largest absolute Gasteiger partial charge is 0.440 e. The number of anilines is 1. The zero-order chi connectivity index (χ0) is 11.7. The van der Waals surface area contributed by atoms with Crippen LogP contribution in [0.2, 0.25) is 0 Å². The molecule has 0 aliphatic rings. The molecule has 0 aliphatic heterocycles. The molecule has 0 saturated carbocycles. The van der Waals surface area contributed by atoms with Crippen molar-refractivity contribution in [3.8, 4) is 0 Å². The molecule has 84 valence electrons. The summed E-state index contributed by atoms with van der Waals surface area (Å²) in [4.78, 5) is 8.38. The molecule has 0 amide bonds. The highest BCUT2D eigenvalue weighted by molar-refractivity contribution is 5.76. The molecule has 4 heteroatoms. The van der Waals surface area contributed by atoms with Gasteiger partial charge in [0.2, 0.25) is 0 Å². The van der Waals surface area contributed by atoms with Gasteiger partial charge in [-0.3, -0.25) is 4.98 Å². The van der Waals surface area contributed by atoms with Crippen molar-refractivity contribution in [1.82, 2.24) is 9.97 Å². The third-order valence-electron chi connectivity index (χ3n) is 2.56. The van der Waals surface area contributed by atoms with Gasteiger partial charge >= 0.3 is 0 Å². The zero-order valence-corrected chi connectivity index (χ0v) is 9.13. The number of oxazole rings is 1. The monoisotopic (exact) mass is 225 g/mol. The standard InChI is InChI=1S/C13H11N3O/c14-10-1-2-12-11(8-10)16-13(17-12)7-9-3-5-15-6-4-9/h1-6,8H,7,14H2. The SMILES string of the molecule is Nc1ccc2oc(Cc3ccncc3)nc2c1. The van der Waals surface area contributed by atoms with E-state index in [1.165, 1.54) is 0 Å². The second kappa shape index (κ2) is 3.90. The minimum Gasteiger partial charge on any atom is -0.440 e. The molecule has 0 unspecified atom stereocenters. The fraction of sp³-hybridized carbons (Fsp3) is 0.0769. The highest BCUT2D eigenvalue weighted by Gasteiger charge is 2.06. The second-order valence-electron chi connectivity index (χ2n) is 3.87. The Morgan fingerprint density at radius 3 is 2.76 bits per heavy atom.